The van der Waals surface area contributed by atoms with E-state index in [1.54, 1.807) is 25.5 Å². The topological polar surface area (TPSA) is 81.1 Å². The largest absolute Gasteiger partial charge is 0.493 e. The third kappa shape index (κ3) is 5.32. The Labute approximate surface area is 196 Å². The van der Waals surface area contributed by atoms with Crippen LogP contribution in [0.3, 0.4) is 0 Å². The van der Waals surface area contributed by atoms with Crippen LogP contribution >= 0.6 is 11.6 Å². The number of halogens is 2. The number of methoxy groups -OCH3 is 1. The van der Waals surface area contributed by atoms with Crippen molar-refractivity contribution >= 4 is 35.0 Å². The van der Waals surface area contributed by atoms with Crippen molar-refractivity contribution in [3.05, 3.63) is 53.1 Å². The number of nitrogens with zero attached hydrogens (tertiary/aromatic N) is 4. The maximum Gasteiger partial charge on any atom is 0.250 e. The summed E-state index contributed by atoms with van der Waals surface area (Å²) in [6.07, 6.45) is 3.88. The summed E-state index contributed by atoms with van der Waals surface area (Å²) in [6, 6.07) is 7.85. The highest BCUT2D eigenvalue weighted by molar-refractivity contribution is 6.31. The van der Waals surface area contributed by atoms with Gasteiger partial charge in [0.2, 0.25) is 0 Å². The molecule has 0 unspecified atom stereocenters. The summed E-state index contributed by atoms with van der Waals surface area (Å²) in [5.74, 6) is 1.81. The predicted molar refractivity (Wildman–Crippen MR) is 126 cm³/mol. The number of aliphatic imine (C=N–C) groups is 1. The quantitative estimate of drug-likeness (QED) is 0.353. The third-order valence-corrected chi connectivity index (χ3v) is 5.10. The van der Waals surface area contributed by atoms with Gasteiger partial charge in [-0.15, -0.1) is 0 Å². The predicted octanol–water partition coefficient (Wildman–Crippen LogP) is 5.21. The van der Waals surface area contributed by atoms with Gasteiger partial charge in [-0.25, -0.2) is 14.4 Å². The molecular formula is C23H23ClFN5O3. The molecule has 8 nitrogen and oxygen atoms in total. The number of rotatable bonds is 8. The molecule has 0 aliphatic carbocycles. The van der Waals surface area contributed by atoms with Crippen LogP contribution in [0, 0.1) is 5.82 Å². The van der Waals surface area contributed by atoms with Crippen molar-refractivity contribution in [1.82, 2.24) is 14.9 Å². The van der Waals surface area contributed by atoms with E-state index in [0.29, 0.717) is 46.6 Å². The Bertz CT molecular complexity index is 1190. The van der Waals surface area contributed by atoms with Crippen molar-refractivity contribution in [3.63, 3.8) is 0 Å². The molecule has 0 amide bonds. The first-order valence-corrected chi connectivity index (χ1v) is 10.6. The molecule has 0 atom stereocenters. The molecule has 1 N–H and O–H groups in total. The molecule has 1 aliphatic heterocycles. The fourth-order valence-corrected chi connectivity index (χ4v) is 3.36. The van der Waals surface area contributed by atoms with Crippen LogP contribution in [-0.2, 0) is 0 Å². The SMILES string of the molecule is COc1cc2c(cc1OCCCN(C)C)C=Nc1c(Nc3ccc(F)c(Cl)c3)ncnc1O2. The molecule has 4 rings (SSSR count). The van der Waals surface area contributed by atoms with Crippen molar-refractivity contribution in [2.75, 3.05) is 39.7 Å². The summed E-state index contributed by atoms with van der Waals surface area (Å²) in [5.41, 5.74) is 1.64. The van der Waals surface area contributed by atoms with Crippen LogP contribution in [0.5, 0.6) is 23.1 Å². The number of fused-ring (bicyclic) bond motifs is 2. The summed E-state index contributed by atoms with van der Waals surface area (Å²) >= 11 is 5.89. The normalized spacial score (nSPS) is 11.9. The zero-order valence-corrected chi connectivity index (χ0v) is 19.2. The molecule has 1 aromatic heterocycles. The molecule has 2 heterocycles. The van der Waals surface area contributed by atoms with Gasteiger partial charge >= 0.3 is 0 Å². The maximum absolute atomic E-state index is 13.5. The van der Waals surface area contributed by atoms with Gasteiger partial charge in [0.05, 0.1) is 18.7 Å². The van der Waals surface area contributed by atoms with Gasteiger partial charge in [0, 0.05) is 30.1 Å². The molecule has 10 heteroatoms. The summed E-state index contributed by atoms with van der Waals surface area (Å²) in [4.78, 5) is 15.1. The molecule has 33 heavy (non-hydrogen) atoms. The number of nitrogens with one attached hydrogen (secondary N) is 1. The monoisotopic (exact) mass is 471 g/mol. The second kappa shape index (κ2) is 10.0. The summed E-state index contributed by atoms with van der Waals surface area (Å²) in [7, 11) is 5.61. The van der Waals surface area contributed by atoms with Gasteiger partial charge < -0.3 is 24.4 Å². The Kier molecular flexibility index (Phi) is 6.90. The van der Waals surface area contributed by atoms with E-state index >= 15 is 0 Å². The van der Waals surface area contributed by atoms with E-state index in [2.05, 4.69) is 25.2 Å². The molecule has 172 valence electrons. The average molecular weight is 472 g/mol. The molecule has 0 spiro atoms. The van der Waals surface area contributed by atoms with Crippen molar-refractivity contribution in [2.24, 2.45) is 4.99 Å². The lowest BCUT2D eigenvalue weighted by molar-refractivity contribution is 0.267. The number of benzene rings is 2. The van der Waals surface area contributed by atoms with Gasteiger partial charge in [0.15, 0.2) is 23.0 Å². The lowest BCUT2D eigenvalue weighted by Gasteiger charge is -2.15. The first-order valence-electron chi connectivity index (χ1n) is 10.2. The van der Waals surface area contributed by atoms with Crippen LogP contribution in [-0.4, -0.2) is 55.4 Å². The summed E-state index contributed by atoms with van der Waals surface area (Å²) in [5, 5.41) is 3.08. The standard InChI is InChI=1S/C23H23ClFN5O3/c1-30(2)7-4-8-32-20-9-14-12-26-21-22(29-15-5-6-17(25)16(24)10-15)27-13-28-23(21)33-18(14)11-19(20)31-3/h5-6,9-13H,4,7-8H2,1-3H3,(H,27,28,29). The minimum Gasteiger partial charge on any atom is -0.493 e. The van der Waals surface area contributed by atoms with E-state index in [-0.39, 0.29) is 10.9 Å². The number of hydrogen-bond acceptors (Lipinski definition) is 8. The van der Waals surface area contributed by atoms with E-state index < -0.39 is 5.82 Å². The fourth-order valence-electron chi connectivity index (χ4n) is 3.18. The van der Waals surface area contributed by atoms with Crippen LogP contribution in [0.2, 0.25) is 5.02 Å². The summed E-state index contributed by atoms with van der Waals surface area (Å²) < 4.78 is 31.0. The van der Waals surface area contributed by atoms with Crippen molar-refractivity contribution in [1.29, 1.82) is 0 Å². The van der Waals surface area contributed by atoms with Gasteiger partial charge in [-0.1, -0.05) is 11.6 Å². The van der Waals surface area contributed by atoms with E-state index in [4.69, 9.17) is 25.8 Å². The van der Waals surface area contributed by atoms with E-state index in [1.807, 2.05) is 20.2 Å². The molecule has 0 fully saturated rings. The molecule has 3 aromatic rings. The zero-order chi connectivity index (χ0) is 23.4. The molecule has 0 saturated carbocycles. The summed E-state index contributed by atoms with van der Waals surface area (Å²) in [6.45, 7) is 1.46. The van der Waals surface area contributed by atoms with Crippen LogP contribution in [0.15, 0.2) is 41.7 Å². The van der Waals surface area contributed by atoms with Crippen molar-refractivity contribution in [2.45, 2.75) is 6.42 Å². The van der Waals surface area contributed by atoms with Crippen molar-refractivity contribution in [3.8, 4) is 23.1 Å². The Morgan fingerprint density at radius 1 is 1.15 bits per heavy atom. The second-order valence-corrected chi connectivity index (χ2v) is 7.94. The Hall–Kier alpha value is -3.43. The number of hydrogen-bond donors (Lipinski definition) is 1. The van der Waals surface area contributed by atoms with Crippen LogP contribution in [0.25, 0.3) is 0 Å². The molecule has 0 bridgehead atoms. The third-order valence-electron chi connectivity index (χ3n) is 4.81. The van der Waals surface area contributed by atoms with Crippen LogP contribution in [0.1, 0.15) is 12.0 Å². The van der Waals surface area contributed by atoms with Gasteiger partial charge in [0.1, 0.15) is 17.9 Å². The highest BCUT2D eigenvalue weighted by atomic mass is 35.5. The van der Waals surface area contributed by atoms with Gasteiger partial charge in [-0.3, -0.25) is 0 Å². The molecular weight excluding hydrogens is 449 g/mol. The van der Waals surface area contributed by atoms with E-state index in [1.165, 1.54) is 18.5 Å². The van der Waals surface area contributed by atoms with Gasteiger partial charge in [-0.2, -0.15) is 4.98 Å². The van der Waals surface area contributed by atoms with Crippen molar-refractivity contribution < 1.29 is 18.6 Å². The highest BCUT2D eigenvalue weighted by Crippen LogP contribution is 2.42. The molecule has 2 aromatic carbocycles. The minimum absolute atomic E-state index is 0.00231. The Balaban J connectivity index is 1.61. The van der Waals surface area contributed by atoms with E-state index in [9.17, 15) is 4.39 Å². The van der Waals surface area contributed by atoms with E-state index in [0.717, 1.165) is 13.0 Å². The molecule has 0 saturated heterocycles. The average Bonchev–Trinajstić information content (AvgIpc) is 2.97. The minimum atomic E-state index is -0.505. The second-order valence-electron chi connectivity index (χ2n) is 7.54. The first kappa shape index (κ1) is 22.8. The van der Waals surface area contributed by atoms with Gasteiger partial charge in [-0.05, 0) is 44.8 Å². The van der Waals surface area contributed by atoms with Crippen LogP contribution < -0.4 is 19.5 Å². The molecule has 0 radical (unpaired) electrons. The highest BCUT2D eigenvalue weighted by Gasteiger charge is 2.20. The fraction of sp³-hybridized carbons (Fsp3) is 0.261. The Morgan fingerprint density at radius 3 is 2.76 bits per heavy atom. The lowest BCUT2D eigenvalue weighted by atomic mass is 10.2. The van der Waals surface area contributed by atoms with Gasteiger partial charge in [0.25, 0.3) is 5.88 Å². The smallest absolute Gasteiger partial charge is 0.250 e. The Morgan fingerprint density at radius 2 is 2.00 bits per heavy atom. The maximum atomic E-state index is 13.5. The number of aromatic nitrogens is 2. The first-order chi connectivity index (χ1) is 15.9. The number of ether oxygens (including phenoxy) is 3. The zero-order valence-electron chi connectivity index (χ0n) is 18.4. The number of anilines is 2. The lowest BCUT2D eigenvalue weighted by Crippen LogP contribution is -2.15. The molecule has 1 aliphatic rings. The van der Waals surface area contributed by atoms with Crippen LogP contribution in [0.4, 0.5) is 21.6 Å².